The number of halogens is 2. The fraction of sp³-hybridized carbons (Fsp3) is 0.267. The number of benzene rings is 3. The van der Waals surface area contributed by atoms with Crippen molar-refractivity contribution in [3.63, 3.8) is 0 Å². The topological polar surface area (TPSA) is 114 Å². The van der Waals surface area contributed by atoms with Crippen molar-refractivity contribution in [1.29, 1.82) is 0 Å². The van der Waals surface area contributed by atoms with Crippen molar-refractivity contribution in [3.05, 3.63) is 66.5 Å². The summed E-state index contributed by atoms with van der Waals surface area (Å²) in [5.74, 6) is 0.185. The van der Waals surface area contributed by atoms with E-state index in [9.17, 15) is 13.6 Å². The van der Waals surface area contributed by atoms with E-state index in [-0.39, 0.29) is 5.69 Å². The van der Waals surface area contributed by atoms with Gasteiger partial charge >= 0.3 is 6.03 Å². The summed E-state index contributed by atoms with van der Waals surface area (Å²) in [6, 6.07) is 11.2. The van der Waals surface area contributed by atoms with Crippen LogP contribution in [0.5, 0.6) is 11.5 Å². The number of anilines is 4. The molecule has 0 unspecified atom stereocenters. The average Bonchev–Trinajstić information content (AvgIpc) is 3.66. The van der Waals surface area contributed by atoms with Crippen LogP contribution in [0.3, 0.4) is 0 Å². The Morgan fingerprint density at radius 1 is 1.00 bits per heavy atom. The Labute approximate surface area is 250 Å². The van der Waals surface area contributed by atoms with Crippen molar-refractivity contribution in [3.8, 4) is 11.5 Å². The molecule has 0 spiro atoms. The SMILES string of the molecule is COc1cc2c(Nc3nc4ccc(NC(=O)Nc5ccc(F)cc5F)cc4s3)ncnc2cc1OCCCN1CCCC1. The lowest BCUT2D eigenvalue weighted by Crippen LogP contribution is -2.21. The normalized spacial score (nSPS) is 13.4. The molecule has 10 nitrogen and oxygen atoms in total. The molecule has 0 aliphatic carbocycles. The second kappa shape index (κ2) is 12.7. The zero-order valence-corrected chi connectivity index (χ0v) is 24.1. The third-order valence-electron chi connectivity index (χ3n) is 7.05. The van der Waals surface area contributed by atoms with Crippen LogP contribution in [0.1, 0.15) is 19.3 Å². The molecule has 0 saturated carbocycles. The van der Waals surface area contributed by atoms with Gasteiger partial charge in [0.05, 0.1) is 35.1 Å². The number of rotatable bonds is 10. The Balaban J connectivity index is 1.14. The molecule has 2 amide bonds. The molecule has 43 heavy (non-hydrogen) atoms. The lowest BCUT2D eigenvalue weighted by atomic mass is 10.2. The minimum absolute atomic E-state index is 0.130. The lowest BCUT2D eigenvalue weighted by molar-refractivity contribution is 0.254. The van der Waals surface area contributed by atoms with Crippen molar-refractivity contribution in [1.82, 2.24) is 19.9 Å². The number of nitrogens with one attached hydrogen (secondary N) is 3. The highest BCUT2D eigenvalue weighted by atomic mass is 32.1. The third-order valence-corrected chi connectivity index (χ3v) is 7.98. The van der Waals surface area contributed by atoms with Crippen molar-refractivity contribution in [2.75, 3.05) is 49.3 Å². The van der Waals surface area contributed by atoms with E-state index < -0.39 is 17.7 Å². The lowest BCUT2D eigenvalue weighted by Gasteiger charge is -2.16. The Kier molecular flexibility index (Phi) is 8.43. The molecule has 6 rings (SSSR count). The predicted molar refractivity (Wildman–Crippen MR) is 164 cm³/mol. The van der Waals surface area contributed by atoms with Gasteiger partial charge in [-0.05, 0) is 68.8 Å². The highest BCUT2D eigenvalue weighted by molar-refractivity contribution is 7.22. The van der Waals surface area contributed by atoms with E-state index in [1.807, 2.05) is 12.1 Å². The van der Waals surface area contributed by atoms with Gasteiger partial charge in [-0.1, -0.05) is 11.3 Å². The maximum absolute atomic E-state index is 13.9. The van der Waals surface area contributed by atoms with E-state index in [2.05, 4.69) is 35.8 Å². The summed E-state index contributed by atoms with van der Waals surface area (Å²) in [6.45, 7) is 3.94. The number of likely N-dealkylation sites (tertiary alicyclic amines) is 1. The zero-order valence-electron chi connectivity index (χ0n) is 23.3. The van der Waals surface area contributed by atoms with Crippen molar-refractivity contribution in [2.24, 2.45) is 0 Å². The second-order valence-corrected chi connectivity index (χ2v) is 11.1. The van der Waals surface area contributed by atoms with Crippen LogP contribution in [0.25, 0.3) is 21.1 Å². The van der Waals surface area contributed by atoms with Gasteiger partial charge in [-0.25, -0.2) is 28.5 Å². The Hall–Kier alpha value is -4.62. The van der Waals surface area contributed by atoms with Gasteiger partial charge in [0.1, 0.15) is 23.8 Å². The Bertz CT molecular complexity index is 1780. The Morgan fingerprint density at radius 3 is 2.67 bits per heavy atom. The molecule has 1 saturated heterocycles. The maximum atomic E-state index is 13.9. The molecule has 1 aliphatic rings. The largest absolute Gasteiger partial charge is 0.493 e. The summed E-state index contributed by atoms with van der Waals surface area (Å²) < 4.78 is 39.5. The summed E-state index contributed by atoms with van der Waals surface area (Å²) in [5.41, 5.74) is 1.76. The summed E-state index contributed by atoms with van der Waals surface area (Å²) in [6.07, 6.45) is 4.95. The Morgan fingerprint density at radius 2 is 1.86 bits per heavy atom. The number of hydrogen-bond acceptors (Lipinski definition) is 9. The molecular formula is C30H29F2N7O3S. The molecule has 1 fully saturated rings. The molecule has 1 aliphatic heterocycles. The molecule has 5 aromatic rings. The molecule has 222 valence electrons. The van der Waals surface area contributed by atoms with Crippen LogP contribution in [-0.2, 0) is 0 Å². The van der Waals surface area contributed by atoms with Gasteiger partial charge in [0.2, 0.25) is 0 Å². The highest BCUT2D eigenvalue weighted by Crippen LogP contribution is 2.36. The van der Waals surface area contributed by atoms with Gasteiger partial charge in [-0.3, -0.25) is 0 Å². The number of fused-ring (bicyclic) bond motifs is 2. The van der Waals surface area contributed by atoms with Crippen LogP contribution in [0, 0.1) is 11.6 Å². The first-order chi connectivity index (χ1) is 20.9. The molecule has 13 heteroatoms. The van der Waals surface area contributed by atoms with E-state index in [0.29, 0.717) is 51.8 Å². The van der Waals surface area contributed by atoms with E-state index in [4.69, 9.17) is 9.47 Å². The van der Waals surface area contributed by atoms with E-state index in [1.54, 1.807) is 25.3 Å². The van der Waals surface area contributed by atoms with Crippen LogP contribution in [0.4, 0.5) is 35.9 Å². The van der Waals surface area contributed by atoms with Crippen molar-refractivity contribution < 1.29 is 23.0 Å². The van der Waals surface area contributed by atoms with E-state index >= 15 is 0 Å². The van der Waals surface area contributed by atoms with Crippen molar-refractivity contribution in [2.45, 2.75) is 19.3 Å². The fourth-order valence-corrected chi connectivity index (χ4v) is 5.85. The second-order valence-electron chi connectivity index (χ2n) is 10.0. The first kappa shape index (κ1) is 28.5. The monoisotopic (exact) mass is 605 g/mol. The molecular weight excluding hydrogens is 576 g/mol. The smallest absolute Gasteiger partial charge is 0.323 e. The van der Waals surface area contributed by atoms with Crippen molar-refractivity contribution >= 4 is 60.8 Å². The number of aromatic nitrogens is 3. The summed E-state index contributed by atoms with van der Waals surface area (Å²) in [4.78, 5) is 28.3. The van der Waals surface area contributed by atoms with E-state index in [0.717, 1.165) is 48.3 Å². The van der Waals surface area contributed by atoms with Crippen LogP contribution in [-0.4, -0.2) is 59.2 Å². The quantitative estimate of drug-likeness (QED) is 0.149. The fourth-order valence-electron chi connectivity index (χ4n) is 4.95. The molecule has 3 N–H and O–H groups in total. The van der Waals surface area contributed by atoms with Gasteiger partial charge in [0.25, 0.3) is 0 Å². The summed E-state index contributed by atoms with van der Waals surface area (Å²) in [5, 5.41) is 9.64. The third kappa shape index (κ3) is 6.73. The predicted octanol–water partition coefficient (Wildman–Crippen LogP) is 6.78. The number of ether oxygens (including phenoxy) is 2. The minimum atomic E-state index is -0.865. The number of carbonyl (C=O) groups excluding carboxylic acids is 1. The van der Waals surface area contributed by atoms with Crippen LogP contribution in [0.15, 0.2) is 54.9 Å². The molecule has 0 atom stereocenters. The number of thiazole rings is 1. The van der Waals surface area contributed by atoms with Crippen LogP contribution < -0.4 is 25.4 Å². The number of nitrogens with zero attached hydrogens (tertiary/aromatic N) is 4. The minimum Gasteiger partial charge on any atom is -0.493 e. The number of methoxy groups -OCH3 is 1. The number of amides is 2. The van der Waals surface area contributed by atoms with Crippen LogP contribution >= 0.6 is 11.3 Å². The standard InChI is InChI=1S/C30H29F2N7O3S/c1-41-25-15-20-24(16-26(25)42-12-4-11-39-9-2-3-10-39)33-17-34-28(20)38-30-37-23-8-6-19(14-27(23)43-30)35-29(40)36-22-7-5-18(31)13-21(22)32/h5-8,13-17H,2-4,9-12H2,1H3,(H2,35,36,40)(H,33,34,37,38). The van der Waals surface area contributed by atoms with Gasteiger partial charge in [0, 0.05) is 29.8 Å². The molecule has 0 bridgehead atoms. The number of carbonyl (C=O) groups is 1. The average molecular weight is 606 g/mol. The van der Waals surface area contributed by atoms with E-state index in [1.165, 1.54) is 30.5 Å². The molecule has 3 aromatic carbocycles. The number of urea groups is 1. The van der Waals surface area contributed by atoms with Gasteiger partial charge in [-0.2, -0.15) is 0 Å². The summed E-state index contributed by atoms with van der Waals surface area (Å²) in [7, 11) is 1.60. The van der Waals surface area contributed by atoms with Gasteiger partial charge in [0.15, 0.2) is 16.6 Å². The molecule has 2 aromatic heterocycles. The van der Waals surface area contributed by atoms with Crippen LogP contribution in [0.2, 0.25) is 0 Å². The molecule has 3 heterocycles. The highest BCUT2D eigenvalue weighted by Gasteiger charge is 2.15. The van der Waals surface area contributed by atoms with Gasteiger partial charge < -0.3 is 30.3 Å². The zero-order chi connectivity index (χ0) is 29.8. The van der Waals surface area contributed by atoms with Gasteiger partial charge in [-0.15, -0.1) is 0 Å². The maximum Gasteiger partial charge on any atom is 0.323 e. The molecule has 0 radical (unpaired) electrons. The number of hydrogen-bond donors (Lipinski definition) is 3. The first-order valence-corrected chi connectivity index (χ1v) is 14.7. The summed E-state index contributed by atoms with van der Waals surface area (Å²) >= 11 is 1.37. The first-order valence-electron chi connectivity index (χ1n) is 13.8.